The van der Waals surface area contributed by atoms with Gasteiger partial charge in [-0.1, -0.05) is 0 Å². The Bertz CT molecular complexity index is 543. The van der Waals surface area contributed by atoms with Gasteiger partial charge in [-0.25, -0.2) is 4.79 Å². The first-order chi connectivity index (χ1) is 8.75. The highest BCUT2D eigenvalue weighted by atomic mass is 16.4. The molecule has 0 bridgehead atoms. The Morgan fingerprint density at radius 1 is 1.37 bits per heavy atom. The number of hydrogen-bond donors (Lipinski definition) is 2. The normalized spacial score (nSPS) is 13.7. The molecule has 0 spiro atoms. The van der Waals surface area contributed by atoms with Gasteiger partial charge in [0.15, 0.2) is 0 Å². The van der Waals surface area contributed by atoms with E-state index >= 15 is 0 Å². The number of nitrogens with zero attached hydrogens (tertiary/aromatic N) is 2. The molecular weight excluding hydrogens is 246 g/mol. The maximum Gasteiger partial charge on any atom is 0.331 e. The number of amides is 1. The molecule has 0 radical (unpaired) electrons. The van der Waals surface area contributed by atoms with Crippen molar-refractivity contribution in [2.75, 3.05) is 0 Å². The number of carboxylic acids is 1. The van der Waals surface area contributed by atoms with Crippen molar-refractivity contribution in [2.24, 2.45) is 7.05 Å². The van der Waals surface area contributed by atoms with Crippen molar-refractivity contribution in [3.8, 4) is 0 Å². The van der Waals surface area contributed by atoms with Crippen LogP contribution in [0.4, 0.5) is 0 Å². The van der Waals surface area contributed by atoms with Gasteiger partial charge in [0.25, 0.3) is 0 Å². The minimum absolute atomic E-state index is 0.0487. The number of rotatable bonds is 4. The molecule has 1 atom stereocenters. The lowest BCUT2D eigenvalue weighted by atomic mass is 10.1. The van der Waals surface area contributed by atoms with Crippen molar-refractivity contribution >= 4 is 11.9 Å². The molecule has 6 nitrogen and oxygen atoms in total. The molecule has 6 heteroatoms. The van der Waals surface area contributed by atoms with Crippen LogP contribution in [0.5, 0.6) is 0 Å². The quantitative estimate of drug-likeness (QED) is 0.804. The van der Waals surface area contributed by atoms with Gasteiger partial charge in [0.2, 0.25) is 5.91 Å². The standard InChI is InChI=1S/C13H19N3O3/c1-7(8(2)13(18)19)12(17)15-9(3)11-6-14-16(5)10(11)4/h6,9H,1-5H3,(H,15,17)(H,18,19). The summed E-state index contributed by atoms with van der Waals surface area (Å²) in [7, 11) is 1.83. The molecule has 0 aliphatic heterocycles. The highest BCUT2D eigenvalue weighted by molar-refractivity contribution is 6.01. The van der Waals surface area contributed by atoms with Gasteiger partial charge in [0.1, 0.15) is 0 Å². The Balaban J connectivity index is 2.86. The SMILES string of the molecule is CC(C(=O)O)=C(C)C(=O)NC(C)c1cnn(C)c1C. The van der Waals surface area contributed by atoms with E-state index in [1.807, 2.05) is 20.9 Å². The fourth-order valence-corrected chi connectivity index (χ4v) is 1.65. The van der Waals surface area contributed by atoms with Gasteiger partial charge in [-0.3, -0.25) is 9.48 Å². The molecule has 104 valence electrons. The average molecular weight is 265 g/mol. The van der Waals surface area contributed by atoms with E-state index in [4.69, 9.17) is 5.11 Å². The summed E-state index contributed by atoms with van der Waals surface area (Å²) in [6, 6.07) is -0.224. The third-order valence-electron chi connectivity index (χ3n) is 3.31. The van der Waals surface area contributed by atoms with Crippen LogP contribution in [0.2, 0.25) is 0 Å². The lowest BCUT2D eigenvalue weighted by molar-refractivity contribution is -0.133. The Kier molecular flexibility index (Phi) is 4.47. The second-order valence-corrected chi connectivity index (χ2v) is 4.56. The van der Waals surface area contributed by atoms with E-state index in [1.54, 1.807) is 10.9 Å². The fraction of sp³-hybridized carbons (Fsp3) is 0.462. The largest absolute Gasteiger partial charge is 0.478 e. The van der Waals surface area contributed by atoms with Crippen LogP contribution in [0, 0.1) is 6.92 Å². The summed E-state index contributed by atoms with van der Waals surface area (Å²) in [5.41, 5.74) is 2.13. The highest BCUT2D eigenvalue weighted by Gasteiger charge is 2.17. The van der Waals surface area contributed by atoms with Crippen molar-refractivity contribution in [2.45, 2.75) is 33.7 Å². The van der Waals surface area contributed by atoms with Crippen molar-refractivity contribution in [1.29, 1.82) is 0 Å². The smallest absolute Gasteiger partial charge is 0.331 e. The molecule has 1 aromatic heterocycles. The lowest BCUT2D eigenvalue weighted by Gasteiger charge is -2.14. The van der Waals surface area contributed by atoms with E-state index < -0.39 is 5.97 Å². The van der Waals surface area contributed by atoms with E-state index in [0.717, 1.165) is 11.3 Å². The Morgan fingerprint density at radius 3 is 2.37 bits per heavy atom. The maximum absolute atomic E-state index is 11.9. The zero-order valence-electron chi connectivity index (χ0n) is 11.8. The van der Waals surface area contributed by atoms with Crippen LogP contribution >= 0.6 is 0 Å². The van der Waals surface area contributed by atoms with Gasteiger partial charge in [0, 0.05) is 29.5 Å². The topological polar surface area (TPSA) is 84.2 Å². The van der Waals surface area contributed by atoms with Crippen molar-refractivity contribution in [3.05, 3.63) is 28.6 Å². The number of hydrogen-bond acceptors (Lipinski definition) is 3. The van der Waals surface area contributed by atoms with Gasteiger partial charge in [-0.05, 0) is 27.7 Å². The number of aromatic nitrogens is 2. The summed E-state index contributed by atoms with van der Waals surface area (Å²) in [6.45, 7) is 6.67. The Morgan fingerprint density at radius 2 is 1.95 bits per heavy atom. The summed E-state index contributed by atoms with van der Waals surface area (Å²) in [4.78, 5) is 22.7. The minimum Gasteiger partial charge on any atom is -0.478 e. The van der Waals surface area contributed by atoms with Gasteiger partial charge in [-0.15, -0.1) is 0 Å². The van der Waals surface area contributed by atoms with Crippen LogP contribution in [0.25, 0.3) is 0 Å². The van der Waals surface area contributed by atoms with E-state index in [9.17, 15) is 9.59 Å². The first kappa shape index (κ1) is 14.9. The summed E-state index contributed by atoms with van der Waals surface area (Å²) in [6.07, 6.45) is 1.70. The molecule has 0 aliphatic rings. The molecule has 0 fully saturated rings. The predicted octanol–water partition coefficient (Wildman–Crippen LogP) is 1.33. The van der Waals surface area contributed by atoms with Gasteiger partial charge < -0.3 is 10.4 Å². The predicted molar refractivity (Wildman–Crippen MR) is 70.5 cm³/mol. The third-order valence-corrected chi connectivity index (χ3v) is 3.31. The molecule has 0 saturated carbocycles. The number of carbonyl (C=O) groups is 2. The second-order valence-electron chi connectivity index (χ2n) is 4.56. The summed E-state index contributed by atoms with van der Waals surface area (Å²) >= 11 is 0. The molecule has 1 aromatic rings. The minimum atomic E-state index is -1.09. The highest BCUT2D eigenvalue weighted by Crippen LogP contribution is 2.16. The molecule has 2 N–H and O–H groups in total. The average Bonchev–Trinajstić information content (AvgIpc) is 2.67. The van der Waals surface area contributed by atoms with Gasteiger partial charge >= 0.3 is 5.97 Å². The molecule has 1 rings (SSSR count). The van der Waals surface area contributed by atoms with Crippen molar-refractivity contribution < 1.29 is 14.7 Å². The fourth-order valence-electron chi connectivity index (χ4n) is 1.65. The van der Waals surface area contributed by atoms with Crippen molar-refractivity contribution in [1.82, 2.24) is 15.1 Å². The zero-order chi connectivity index (χ0) is 14.7. The number of aryl methyl sites for hydroxylation is 1. The summed E-state index contributed by atoms with van der Waals surface area (Å²) in [5.74, 6) is -1.46. The maximum atomic E-state index is 11.9. The molecular formula is C13H19N3O3. The first-order valence-corrected chi connectivity index (χ1v) is 5.95. The van der Waals surface area contributed by atoms with Crippen LogP contribution in [0.15, 0.2) is 17.3 Å². The van der Waals surface area contributed by atoms with E-state index in [-0.39, 0.29) is 23.1 Å². The number of carbonyl (C=O) groups excluding carboxylic acids is 1. The molecule has 0 aromatic carbocycles. The molecule has 1 unspecified atom stereocenters. The molecule has 0 aliphatic carbocycles. The summed E-state index contributed by atoms with van der Waals surface area (Å²) in [5, 5.41) is 15.7. The first-order valence-electron chi connectivity index (χ1n) is 5.95. The Labute approximate surface area is 112 Å². The van der Waals surface area contributed by atoms with Crippen LogP contribution < -0.4 is 5.32 Å². The second kappa shape index (κ2) is 5.69. The van der Waals surface area contributed by atoms with E-state index in [1.165, 1.54) is 13.8 Å². The van der Waals surface area contributed by atoms with E-state index in [0.29, 0.717) is 0 Å². The molecule has 1 heterocycles. The van der Waals surface area contributed by atoms with Crippen molar-refractivity contribution in [3.63, 3.8) is 0 Å². The number of aliphatic carboxylic acids is 1. The van der Waals surface area contributed by atoms with Crippen LogP contribution in [0.3, 0.4) is 0 Å². The van der Waals surface area contributed by atoms with Gasteiger partial charge in [0.05, 0.1) is 12.2 Å². The van der Waals surface area contributed by atoms with E-state index in [2.05, 4.69) is 10.4 Å². The zero-order valence-corrected chi connectivity index (χ0v) is 11.8. The molecule has 19 heavy (non-hydrogen) atoms. The van der Waals surface area contributed by atoms with Crippen LogP contribution in [-0.2, 0) is 16.6 Å². The van der Waals surface area contributed by atoms with Gasteiger partial charge in [-0.2, -0.15) is 5.10 Å². The lowest BCUT2D eigenvalue weighted by Crippen LogP contribution is -2.28. The molecule has 0 saturated heterocycles. The third kappa shape index (κ3) is 3.21. The molecule has 1 amide bonds. The Hall–Kier alpha value is -2.11. The van der Waals surface area contributed by atoms with Crippen LogP contribution in [-0.4, -0.2) is 26.8 Å². The number of nitrogens with one attached hydrogen (secondary N) is 1. The summed E-state index contributed by atoms with van der Waals surface area (Å²) < 4.78 is 1.73. The monoisotopic (exact) mass is 265 g/mol. The number of carboxylic acid groups (broad SMARTS) is 1. The van der Waals surface area contributed by atoms with Crippen LogP contribution in [0.1, 0.15) is 38.1 Å².